The lowest BCUT2D eigenvalue weighted by atomic mass is 10.6. The summed E-state index contributed by atoms with van der Waals surface area (Å²) in [5.41, 5.74) is 5.36. The zero-order valence-corrected chi connectivity index (χ0v) is 12.8. The number of halogens is 2. The number of nitrogens with zero attached hydrogens (tertiary/aromatic N) is 1. The molecular weight excluding hydrogens is 323 g/mol. The maximum atomic E-state index is 12.2. The van der Waals surface area contributed by atoms with Gasteiger partial charge in [0.05, 0.1) is 15.9 Å². The summed E-state index contributed by atoms with van der Waals surface area (Å²) in [7, 11) is -3.70. The number of sulfonamides is 1. The van der Waals surface area contributed by atoms with Gasteiger partial charge in [0.25, 0.3) is 0 Å². The average Bonchev–Trinajstić information content (AvgIpc) is 2.54. The Labute approximate surface area is 119 Å². The zero-order chi connectivity index (χ0) is 13.2. The summed E-state index contributed by atoms with van der Waals surface area (Å²) in [6, 6.07) is 1.33. The van der Waals surface area contributed by atoms with Gasteiger partial charge in [-0.3, -0.25) is 0 Å². The molecule has 0 spiro atoms. The number of thiophene rings is 1. The predicted molar refractivity (Wildman–Crippen MR) is 75.6 cm³/mol. The predicted octanol–water partition coefficient (Wildman–Crippen LogP) is 2.35. The van der Waals surface area contributed by atoms with E-state index in [9.17, 15) is 8.42 Å². The molecule has 0 aromatic carbocycles. The van der Waals surface area contributed by atoms with Gasteiger partial charge in [-0.1, -0.05) is 42.3 Å². The van der Waals surface area contributed by atoms with E-state index in [1.807, 2.05) is 0 Å². The van der Waals surface area contributed by atoms with E-state index in [0.717, 1.165) is 15.6 Å². The van der Waals surface area contributed by atoms with E-state index in [1.165, 1.54) is 6.07 Å². The van der Waals surface area contributed by atoms with E-state index < -0.39 is 10.0 Å². The van der Waals surface area contributed by atoms with Crippen LogP contribution in [0.5, 0.6) is 0 Å². The van der Waals surface area contributed by atoms with Gasteiger partial charge in [0.1, 0.15) is 9.23 Å². The van der Waals surface area contributed by atoms with Crippen molar-refractivity contribution < 1.29 is 8.42 Å². The summed E-state index contributed by atoms with van der Waals surface area (Å²) in [5.74, 6) is 0. The number of hydrogen-bond acceptors (Lipinski definition) is 4. The van der Waals surface area contributed by atoms with Crippen LogP contribution in [-0.2, 0) is 10.0 Å². The SMILES string of the molecule is CCN(CC(N)=S)S(=O)(=O)c1cc(Cl)sc1Cl. The van der Waals surface area contributed by atoms with Crippen LogP contribution in [-0.4, -0.2) is 30.8 Å². The minimum Gasteiger partial charge on any atom is -0.392 e. The molecule has 9 heteroatoms. The molecule has 4 nitrogen and oxygen atoms in total. The monoisotopic (exact) mass is 332 g/mol. The van der Waals surface area contributed by atoms with Crippen molar-refractivity contribution in [3.63, 3.8) is 0 Å². The molecule has 0 radical (unpaired) electrons. The number of hydrogen-bond donors (Lipinski definition) is 1. The van der Waals surface area contributed by atoms with E-state index in [1.54, 1.807) is 6.92 Å². The highest BCUT2D eigenvalue weighted by Gasteiger charge is 2.27. The topological polar surface area (TPSA) is 63.4 Å². The Morgan fingerprint density at radius 3 is 2.53 bits per heavy atom. The quantitative estimate of drug-likeness (QED) is 0.840. The van der Waals surface area contributed by atoms with Crippen LogP contribution < -0.4 is 5.73 Å². The first kappa shape index (κ1) is 15.1. The smallest absolute Gasteiger partial charge is 0.245 e. The second-order valence-corrected chi connectivity index (χ2v) is 7.80. The first-order valence-electron chi connectivity index (χ1n) is 4.52. The average molecular weight is 333 g/mol. The molecule has 0 saturated carbocycles. The van der Waals surface area contributed by atoms with E-state index in [2.05, 4.69) is 0 Å². The molecule has 0 amide bonds. The van der Waals surface area contributed by atoms with Crippen molar-refractivity contribution in [2.75, 3.05) is 13.1 Å². The van der Waals surface area contributed by atoms with E-state index in [0.29, 0.717) is 4.34 Å². The number of nitrogens with two attached hydrogens (primary N) is 1. The highest BCUT2D eigenvalue weighted by Crippen LogP contribution is 2.35. The van der Waals surface area contributed by atoms with Gasteiger partial charge < -0.3 is 5.73 Å². The Morgan fingerprint density at radius 2 is 2.18 bits per heavy atom. The minimum absolute atomic E-state index is 0.00716. The lowest BCUT2D eigenvalue weighted by Gasteiger charge is -2.19. The molecule has 17 heavy (non-hydrogen) atoms. The molecule has 0 fully saturated rings. The molecule has 96 valence electrons. The summed E-state index contributed by atoms with van der Waals surface area (Å²) in [5, 5.41) is 0. The van der Waals surface area contributed by atoms with Crippen LogP contribution in [0, 0.1) is 0 Å². The van der Waals surface area contributed by atoms with Gasteiger partial charge in [-0.15, -0.1) is 11.3 Å². The van der Waals surface area contributed by atoms with Crippen LogP contribution in [0.3, 0.4) is 0 Å². The van der Waals surface area contributed by atoms with Crippen LogP contribution in [0.1, 0.15) is 6.92 Å². The van der Waals surface area contributed by atoms with Crippen molar-refractivity contribution in [1.29, 1.82) is 0 Å². The van der Waals surface area contributed by atoms with Crippen molar-refractivity contribution in [2.45, 2.75) is 11.8 Å². The van der Waals surface area contributed by atoms with E-state index in [4.69, 9.17) is 41.2 Å². The van der Waals surface area contributed by atoms with Crippen molar-refractivity contribution >= 4 is 61.8 Å². The fraction of sp³-hybridized carbons (Fsp3) is 0.375. The van der Waals surface area contributed by atoms with Gasteiger partial charge in [-0.05, 0) is 6.07 Å². The highest BCUT2D eigenvalue weighted by molar-refractivity contribution is 7.89. The Kier molecular flexibility index (Phi) is 5.18. The summed E-state index contributed by atoms with van der Waals surface area (Å²) in [4.78, 5) is 0.0974. The molecule has 0 aliphatic rings. The van der Waals surface area contributed by atoms with Crippen LogP contribution in [0.15, 0.2) is 11.0 Å². The van der Waals surface area contributed by atoms with E-state index >= 15 is 0 Å². The fourth-order valence-electron chi connectivity index (χ4n) is 1.18. The van der Waals surface area contributed by atoms with Gasteiger partial charge in [-0.25, -0.2) is 8.42 Å². The number of rotatable bonds is 5. The summed E-state index contributed by atoms with van der Waals surface area (Å²) in [6.45, 7) is 1.93. The minimum atomic E-state index is -3.70. The molecule has 0 unspecified atom stereocenters. The molecule has 0 aliphatic heterocycles. The second kappa shape index (κ2) is 5.81. The first-order chi connectivity index (χ1) is 7.78. The van der Waals surface area contributed by atoms with E-state index in [-0.39, 0.29) is 27.3 Å². The fourth-order valence-corrected chi connectivity index (χ4v) is 4.96. The van der Waals surface area contributed by atoms with Crippen molar-refractivity contribution in [3.8, 4) is 0 Å². The summed E-state index contributed by atoms with van der Waals surface area (Å²) in [6.07, 6.45) is 0. The molecule has 0 aliphatic carbocycles. The van der Waals surface area contributed by atoms with Crippen molar-refractivity contribution in [2.24, 2.45) is 5.73 Å². The standard InChI is InChI=1S/C8H10Cl2N2O2S3/c1-2-12(4-7(11)15)17(13,14)5-3-6(9)16-8(5)10/h3H,2,4H2,1H3,(H2,11,15). The Morgan fingerprint density at radius 1 is 1.59 bits per heavy atom. The molecular formula is C8H10Cl2N2O2S3. The number of likely N-dealkylation sites (N-methyl/N-ethyl adjacent to an activating group) is 1. The third-order valence-corrected chi connectivity index (χ3v) is 5.73. The maximum absolute atomic E-state index is 12.2. The van der Waals surface area contributed by atoms with Gasteiger partial charge in [-0.2, -0.15) is 4.31 Å². The molecule has 1 rings (SSSR count). The van der Waals surface area contributed by atoms with Crippen molar-refractivity contribution in [1.82, 2.24) is 4.31 Å². The highest BCUT2D eigenvalue weighted by atomic mass is 35.5. The lowest BCUT2D eigenvalue weighted by molar-refractivity contribution is 0.468. The summed E-state index contributed by atoms with van der Waals surface area (Å²) >= 11 is 17.3. The first-order valence-corrected chi connectivity index (χ1v) is 7.94. The maximum Gasteiger partial charge on any atom is 0.245 e. The van der Waals surface area contributed by atoms with Gasteiger partial charge in [0.2, 0.25) is 10.0 Å². The third-order valence-electron chi connectivity index (χ3n) is 1.93. The number of thiocarbonyl (C=S) groups is 1. The van der Waals surface area contributed by atoms with Gasteiger partial charge in [0, 0.05) is 6.54 Å². The second-order valence-electron chi connectivity index (χ2n) is 3.09. The van der Waals surface area contributed by atoms with Crippen LogP contribution in [0.25, 0.3) is 0 Å². The zero-order valence-electron chi connectivity index (χ0n) is 8.81. The normalized spacial score (nSPS) is 12.0. The van der Waals surface area contributed by atoms with Gasteiger partial charge >= 0.3 is 0 Å². The molecule has 1 aromatic heterocycles. The Hall–Kier alpha value is 0.0800. The van der Waals surface area contributed by atoms with Gasteiger partial charge in [0.15, 0.2) is 0 Å². The third kappa shape index (κ3) is 3.52. The Balaban J connectivity index is 3.17. The molecule has 0 saturated heterocycles. The molecule has 0 atom stereocenters. The largest absolute Gasteiger partial charge is 0.392 e. The van der Waals surface area contributed by atoms with Crippen molar-refractivity contribution in [3.05, 3.63) is 14.7 Å². The molecule has 0 bridgehead atoms. The van der Waals surface area contributed by atoms with Crippen LogP contribution >= 0.6 is 46.8 Å². The van der Waals surface area contributed by atoms with Crippen LogP contribution in [0.2, 0.25) is 8.67 Å². The molecule has 2 N–H and O–H groups in total. The van der Waals surface area contributed by atoms with Crippen LogP contribution in [0.4, 0.5) is 0 Å². The summed E-state index contributed by atoms with van der Waals surface area (Å²) < 4.78 is 26.0. The molecule has 1 heterocycles. The molecule has 1 aromatic rings. The Bertz CT molecular complexity index is 527. The lowest BCUT2D eigenvalue weighted by Crippen LogP contribution is -2.37.